The van der Waals surface area contributed by atoms with Crippen LogP contribution in [0.15, 0.2) is 38.1 Å². The molecule has 1 rings (SSSR count). The molecule has 0 aliphatic rings. The molecule has 1 aromatic rings. The van der Waals surface area contributed by atoms with Gasteiger partial charge in [-0.3, -0.25) is 4.79 Å². The van der Waals surface area contributed by atoms with Gasteiger partial charge in [0.2, 0.25) is 6.41 Å². The van der Waals surface area contributed by atoms with Crippen molar-refractivity contribution in [3.8, 4) is 0 Å². The van der Waals surface area contributed by atoms with Crippen molar-refractivity contribution in [1.29, 1.82) is 0 Å². The monoisotopic (exact) mass is 165 g/mol. The van der Waals surface area contributed by atoms with Gasteiger partial charge in [0, 0.05) is 18.6 Å². The Labute approximate surface area is 71.2 Å². The number of aromatic nitrogens is 2. The van der Waals surface area contributed by atoms with Gasteiger partial charge in [0.25, 0.3) is 0 Å². The quantitative estimate of drug-likeness (QED) is 0.675. The Morgan fingerprint density at radius 2 is 2.25 bits per heavy atom. The van der Waals surface area contributed by atoms with Crippen molar-refractivity contribution in [1.82, 2.24) is 14.9 Å². The van der Waals surface area contributed by atoms with Gasteiger partial charge in [0.05, 0.1) is 6.33 Å². The molecule has 12 heavy (non-hydrogen) atoms. The maximum atomic E-state index is 9.22. The summed E-state index contributed by atoms with van der Waals surface area (Å²) in [6, 6.07) is 0. The second kappa shape index (κ2) is 7.27. The Bertz CT molecular complexity index is 222. The highest BCUT2D eigenvalue weighted by Crippen LogP contribution is 1.81. The highest BCUT2D eigenvalue weighted by atomic mass is 16.1. The van der Waals surface area contributed by atoms with Crippen molar-refractivity contribution in [2.75, 3.05) is 0 Å². The molecule has 0 aliphatic carbocycles. The molecule has 0 saturated heterocycles. The first-order chi connectivity index (χ1) is 5.85. The lowest BCUT2D eigenvalue weighted by atomic mass is 10.9. The Balaban J connectivity index is 0.000000217. The van der Waals surface area contributed by atoms with Crippen molar-refractivity contribution in [3.05, 3.63) is 38.1 Å². The molecule has 0 spiro atoms. The first-order valence-electron chi connectivity index (χ1n) is 3.25. The highest BCUT2D eigenvalue weighted by Gasteiger charge is 1.73. The van der Waals surface area contributed by atoms with E-state index in [0.717, 1.165) is 0 Å². The van der Waals surface area contributed by atoms with E-state index in [4.69, 9.17) is 0 Å². The van der Waals surface area contributed by atoms with Crippen LogP contribution in [0.2, 0.25) is 0 Å². The van der Waals surface area contributed by atoms with E-state index in [-0.39, 0.29) is 0 Å². The van der Waals surface area contributed by atoms with E-state index in [0.29, 0.717) is 6.41 Å². The van der Waals surface area contributed by atoms with Crippen LogP contribution in [-0.4, -0.2) is 16.0 Å². The first-order valence-corrected chi connectivity index (χ1v) is 3.25. The van der Waals surface area contributed by atoms with Gasteiger partial charge in [-0.05, 0) is 6.20 Å². The summed E-state index contributed by atoms with van der Waals surface area (Å²) in [5, 5.41) is 2.19. The molecule has 4 heteroatoms. The summed E-state index contributed by atoms with van der Waals surface area (Å²) in [5.74, 6) is 0. The van der Waals surface area contributed by atoms with E-state index in [1.165, 1.54) is 6.20 Å². The molecule has 0 aliphatic heterocycles. The van der Waals surface area contributed by atoms with Crippen LogP contribution in [-0.2, 0) is 4.79 Å². The molecule has 0 aromatic carbocycles. The molecule has 0 atom stereocenters. The summed E-state index contributed by atoms with van der Waals surface area (Å²) < 4.78 is 1.78. The third kappa shape index (κ3) is 4.99. The van der Waals surface area contributed by atoms with Crippen molar-refractivity contribution in [3.63, 3.8) is 0 Å². The standard InChI is InChI=1S/C5H6N2.C3H5NO/c1-2-7-4-3-6-5-7;1-2-4-3-5/h2-5H,1H2;2-3H,1H2,(H,4,5). The molecular weight excluding hydrogens is 154 g/mol. The molecule has 0 bridgehead atoms. The minimum absolute atomic E-state index is 0.562. The summed E-state index contributed by atoms with van der Waals surface area (Å²) in [7, 11) is 0. The van der Waals surface area contributed by atoms with Crippen molar-refractivity contribution < 1.29 is 4.79 Å². The van der Waals surface area contributed by atoms with Crippen LogP contribution in [0.3, 0.4) is 0 Å². The van der Waals surface area contributed by atoms with Crippen LogP contribution in [0.25, 0.3) is 6.20 Å². The van der Waals surface area contributed by atoms with Gasteiger partial charge in [-0.1, -0.05) is 13.2 Å². The zero-order valence-corrected chi connectivity index (χ0v) is 6.68. The zero-order chi connectivity index (χ0) is 9.23. The largest absolute Gasteiger partial charge is 0.336 e. The Morgan fingerprint density at radius 3 is 2.42 bits per heavy atom. The molecular formula is C8H11N3O. The summed E-state index contributed by atoms with van der Waals surface area (Å²) in [6.45, 7) is 6.73. The van der Waals surface area contributed by atoms with Crippen LogP contribution in [0.4, 0.5) is 0 Å². The molecule has 1 amide bonds. The molecule has 1 N–H and O–H groups in total. The van der Waals surface area contributed by atoms with Crippen LogP contribution in [0.5, 0.6) is 0 Å². The topological polar surface area (TPSA) is 46.9 Å². The van der Waals surface area contributed by atoms with Crippen LogP contribution < -0.4 is 5.32 Å². The van der Waals surface area contributed by atoms with Crippen LogP contribution >= 0.6 is 0 Å². The lowest BCUT2D eigenvalue weighted by Crippen LogP contribution is -1.96. The van der Waals surface area contributed by atoms with Crippen molar-refractivity contribution in [2.45, 2.75) is 0 Å². The smallest absolute Gasteiger partial charge is 0.211 e. The third-order valence-electron chi connectivity index (χ3n) is 0.922. The Kier molecular flexibility index (Phi) is 6.15. The lowest BCUT2D eigenvalue weighted by molar-refractivity contribution is -0.108. The van der Waals surface area contributed by atoms with Crippen LogP contribution in [0.1, 0.15) is 0 Å². The molecule has 1 aromatic heterocycles. The van der Waals surface area contributed by atoms with Gasteiger partial charge < -0.3 is 9.88 Å². The first kappa shape index (κ1) is 10.2. The fraction of sp³-hybridized carbons (Fsp3) is 0. The fourth-order valence-corrected chi connectivity index (χ4v) is 0.426. The van der Waals surface area contributed by atoms with Gasteiger partial charge in [-0.15, -0.1) is 0 Å². The Hall–Kier alpha value is -1.84. The molecule has 4 nitrogen and oxygen atoms in total. The number of rotatable bonds is 3. The van der Waals surface area contributed by atoms with Gasteiger partial charge >= 0.3 is 0 Å². The second-order valence-corrected chi connectivity index (χ2v) is 1.68. The van der Waals surface area contributed by atoms with E-state index in [1.807, 2.05) is 6.20 Å². The second-order valence-electron chi connectivity index (χ2n) is 1.68. The number of amides is 1. The lowest BCUT2D eigenvalue weighted by Gasteiger charge is -1.80. The number of carbonyl (C=O) groups is 1. The van der Waals surface area contributed by atoms with Gasteiger partial charge in [-0.2, -0.15) is 0 Å². The normalized spacial score (nSPS) is 7.33. The summed E-state index contributed by atoms with van der Waals surface area (Å²) in [6.07, 6.45) is 8.79. The summed E-state index contributed by atoms with van der Waals surface area (Å²) in [5.41, 5.74) is 0. The average Bonchev–Trinajstić information content (AvgIpc) is 2.58. The maximum absolute atomic E-state index is 9.22. The predicted molar refractivity (Wildman–Crippen MR) is 48.0 cm³/mol. The van der Waals surface area contributed by atoms with Gasteiger partial charge in [0.15, 0.2) is 0 Å². The highest BCUT2D eigenvalue weighted by molar-refractivity contribution is 5.47. The van der Waals surface area contributed by atoms with Crippen LogP contribution in [0, 0.1) is 0 Å². The SMILES string of the molecule is C=CNC=O.C=Cn1ccnc1. The van der Waals surface area contributed by atoms with Crippen molar-refractivity contribution in [2.24, 2.45) is 0 Å². The Morgan fingerprint density at radius 1 is 1.50 bits per heavy atom. The van der Waals surface area contributed by atoms with Gasteiger partial charge in [-0.25, -0.2) is 4.98 Å². The number of hydrogen-bond donors (Lipinski definition) is 1. The number of nitrogens with zero attached hydrogens (tertiary/aromatic N) is 2. The molecule has 0 saturated carbocycles. The molecule has 0 radical (unpaired) electrons. The predicted octanol–water partition coefficient (Wildman–Crippen LogP) is 0.859. The van der Waals surface area contributed by atoms with E-state index < -0.39 is 0 Å². The summed E-state index contributed by atoms with van der Waals surface area (Å²) in [4.78, 5) is 13.0. The van der Waals surface area contributed by atoms with E-state index >= 15 is 0 Å². The molecule has 64 valence electrons. The minimum atomic E-state index is 0.562. The molecule has 1 heterocycles. The average molecular weight is 165 g/mol. The van der Waals surface area contributed by atoms with E-state index in [9.17, 15) is 4.79 Å². The minimum Gasteiger partial charge on any atom is -0.336 e. The number of imidazole rings is 1. The zero-order valence-electron chi connectivity index (χ0n) is 6.68. The number of nitrogens with one attached hydrogen (secondary N) is 1. The fourth-order valence-electron chi connectivity index (χ4n) is 0.426. The maximum Gasteiger partial charge on any atom is 0.211 e. The third-order valence-corrected chi connectivity index (χ3v) is 0.922. The van der Waals surface area contributed by atoms with Gasteiger partial charge in [0.1, 0.15) is 0 Å². The number of carbonyl (C=O) groups excluding carboxylic acids is 1. The molecule has 0 unspecified atom stereocenters. The van der Waals surface area contributed by atoms with Crippen molar-refractivity contribution >= 4 is 12.6 Å². The van der Waals surface area contributed by atoms with E-state index in [1.54, 1.807) is 23.3 Å². The summed E-state index contributed by atoms with van der Waals surface area (Å²) >= 11 is 0. The van der Waals surface area contributed by atoms with E-state index in [2.05, 4.69) is 23.5 Å². The number of hydrogen-bond acceptors (Lipinski definition) is 2. The molecule has 0 fully saturated rings.